The van der Waals surface area contributed by atoms with Gasteiger partial charge in [0.1, 0.15) is 6.23 Å². The number of fused-ring (bicyclic) bond motifs is 1. The first-order valence-electron chi connectivity index (χ1n) is 10.8. The van der Waals surface area contributed by atoms with E-state index in [1.807, 2.05) is 24.3 Å². The molecule has 2 heterocycles. The average Bonchev–Trinajstić information content (AvgIpc) is 3.15. The van der Waals surface area contributed by atoms with Gasteiger partial charge in [-0.2, -0.15) is 0 Å². The van der Waals surface area contributed by atoms with Crippen LogP contribution in [0.2, 0.25) is 10.0 Å². The molecule has 30 heavy (non-hydrogen) atoms. The predicted octanol–water partition coefficient (Wildman–Crippen LogP) is 7.49. The van der Waals surface area contributed by atoms with Gasteiger partial charge in [0.05, 0.1) is 6.61 Å². The van der Waals surface area contributed by atoms with Crippen LogP contribution in [0.4, 0.5) is 0 Å². The van der Waals surface area contributed by atoms with Gasteiger partial charge >= 0.3 is 0 Å². The predicted molar refractivity (Wildman–Crippen MR) is 126 cm³/mol. The molecule has 2 aromatic rings. The second kappa shape index (κ2) is 8.67. The maximum Gasteiger partial charge on any atom is 0.117 e. The fraction of sp³-hybridized carbons (Fsp3) is 0.462. The van der Waals surface area contributed by atoms with Gasteiger partial charge in [-0.15, -0.1) is 6.58 Å². The highest BCUT2D eigenvalue weighted by Gasteiger charge is 2.55. The second-order valence-corrected chi connectivity index (χ2v) is 10.3. The molecule has 2 fully saturated rings. The molecule has 5 atom stereocenters. The Balaban J connectivity index is 1.88. The SMILES string of the molecule is C=CC[C@@]1(C)CC(c2cccc(Cl)c2)[C@@H](c2ccc(Cl)cc2)N2C(C(C)C)COC21. The van der Waals surface area contributed by atoms with Crippen molar-refractivity contribution in [3.8, 4) is 0 Å². The Hall–Kier alpha value is -1.32. The fourth-order valence-corrected chi connectivity index (χ4v) is 5.85. The summed E-state index contributed by atoms with van der Waals surface area (Å²) in [6, 6.07) is 17.3. The molecule has 2 aliphatic heterocycles. The van der Waals surface area contributed by atoms with Crippen LogP contribution in [-0.4, -0.2) is 23.8 Å². The van der Waals surface area contributed by atoms with Crippen LogP contribution in [0, 0.1) is 11.3 Å². The van der Waals surface area contributed by atoms with Gasteiger partial charge < -0.3 is 4.74 Å². The van der Waals surface area contributed by atoms with E-state index in [9.17, 15) is 0 Å². The van der Waals surface area contributed by atoms with Crippen molar-refractivity contribution in [1.29, 1.82) is 0 Å². The van der Waals surface area contributed by atoms with Crippen molar-refractivity contribution in [2.24, 2.45) is 11.3 Å². The lowest BCUT2D eigenvalue weighted by molar-refractivity contribution is -0.125. The molecule has 0 N–H and O–H groups in total. The molecule has 0 amide bonds. The number of hydrogen-bond acceptors (Lipinski definition) is 2. The molecule has 0 aliphatic carbocycles. The first-order chi connectivity index (χ1) is 14.3. The maximum atomic E-state index is 6.51. The Morgan fingerprint density at radius 2 is 1.87 bits per heavy atom. The molecule has 0 bridgehead atoms. The minimum absolute atomic E-state index is 0.0126. The van der Waals surface area contributed by atoms with Crippen molar-refractivity contribution in [1.82, 2.24) is 4.90 Å². The van der Waals surface area contributed by atoms with Crippen molar-refractivity contribution >= 4 is 23.2 Å². The van der Waals surface area contributed by atoms with Crippen LogP contribution in [0.15, 0.2) is 61.2 Å². The number of allylic oxidation sites excluding steroid dienone is 1. The minimum atomic E-state index is -0.0126. The van der Waals surface area contributed by atoms with Crippen molar-refractivity contribution in [3.05, 3.63) is 82.4 Å². The molecule has 0 aromatic heterocycles. The molecule has 2 aliphatic rings. The van der Waals surface area contributed by atoms with Gasteiger partial charge in [0.15, 0.2) is 0 Å². The molecule has 0 radical (unpaired) electrons. The lowest BCUT2D eigenvalue weighted by Crippen LogP contribution is -2.55. The standard InChI is InChI=1S/C26H31Cl2NO/c1-5-13-26(4)15-22(19-7-6-8-21(28)14-19)24(18-9-11-20(27)12-10-18)29-23(17(2)3)16-30-25(26)29/h5-12,14,17,22-25H,1,13,15-16H2,2-4H3/t22?,23?,24-,25?,26+/m1/s1. The molecule has 2 nitrogen and oxygen atoms in total. The van der Waals surface area contributed by atoms with Crippen molar-refractivity contribution < 1.29 is 4.74 Å². The number of ether oxygens (including phenoxy) is 1. The Morgan fingerprint density at radius 3 is 2.50 bits per heavy atom. The van der Waals surface area contributed by atoms with Gasteiger partial charge in [-0.1, -0.05) is 74.3 Å². The molecule has 2 aromatic carbocycles. The fourth-order valence-electron chi connectivity index (χ4n) is 5.52. The smallest absolute Gasteiger partial charge is 0.117 e. The quantitative estimate of drug-likeness (QED) is 0.443. The number of nitrogens with zero attached hydrogens (tertiary/aromatic N) is 1. The third-order valence-electron chi connectivity index (χ3n) is 6.93. The second-order valence-electron chi connectivity index (χ2n) is 9.45. The normalized spacial score (nSPS) is 31.7. The van der Waals surface area contributed by atoms with Crippen LogP contribution in [0.25, 0.3) is 0 Å². The number of hydrogen-bond donors (Lipinski definition) is 0. The first kappa shape index (κ1) is 21.9. The van der Waals surface area contributed by atoms with Gasteiger partial charge in [-0.3, -0.25) is 4.90 Å². The van der Waals surface area contributed by atoms with E-state index < -0.39 is 0 Å². The molecule has 0 spiro atoms. The van der Waals surface area contributed by atoms with Gasteiger partial charge in [-0.05, 0) is 54.2 Å². The van der Waals surface area contributed by atoms with Crippen LogP contribution in [0.1, 0.15) is 56.7 Å². The van der Waals surface area contributed by atoms with Crippen molar-refractivity contribution in [2.75, 3.05) is 6.61 Å². The molecule has 2 saturated heterocycles. The highest BCUT2D eigenvalue weighted by molar-refractivity contribution is 6.30. The van der Waals surface area contributed by atoms with Crippen LogP contribution in [0.5, 0.6) is 0 Å². The molecule has 0 saturated carbocycles. The summed E-state index contributed by atoms with van der Waals surface area (Å²) in [5.74, 6) is 0.796. The molecule has 4 rings (SSSR count). The zero-order valence-corrected chi connectivity index (χ0v) is 19.5. The largest absolute Gasteiger partial charge is 0.361 e. The highest BCUT2D eigenvalue weighted by Crippen LogP contribution is 2.56. The van der Waals surface area contributed by atoms with Crippen LogP contribution >= 0.6 is 23.2 Å². The van der Waals surface area contributed by atoms with E-state index in [0.717, 1.165) is 29.5 Å². The van der Waals surface area contributed by atoms with Gasteiger partial charge in [0, 0.05) is 33.5 Å². The van der Waals surface area contributed by atoms with Crippen molar-refractivity contribution in [2.45, 2.75) is 57.8 Å². The van der Waals surface area contributed by atoms with Gasteiger partial charge in [0.2, 0.25) is 0 Å². The summed E-state index contributed by atoms with van der Waals surface area (Å²) in [5.41, 5.74) is 2.55. The van der Waals surface area contributed by atoms with E-state index in [2.05, 4.69) is 62.6 Å². The van der Waals surface area contributed by atoms with Crippen LogP contribution in [-0.2, 0) is 4.74 Å². The molecule has 160 valence electrons. The summed E-state index contributed by atoms with van der Waals surface area (Å²) >= 11 is 12.7. The minimum Gasteiger partial charge on any atom is -0.361 e. The van der Waals surface area contributed by atoms with E-state index in [-0.39, 0.29) is 17.7 Å². The summed E-state index contributed by atoms with van der Waals surface area (Å²) in [4.78, 5) is 2.65. The monoisotopic (exact) mass is 443 g/mol. The number of rotatable bonds is 5. The first-order valence-corrected chi connectivity index (χ1v) is 11.6. The van der Waals surface area contributed by atoms with E-state index in [0.29, 0.717) is 17.9 Å². The van der Waals surface area contributed by atoms with E-state index >= 15 is 0 Å². The van der Waals surface area contributed by atoms with Crippen molar-refractivity contribution in [3.63, 3.8) is 0 Å². The highest BCUT2D eigenvalue weighted by atomic mass is 35.5. The topological polar surface area (TPSA) is 12.5 Å². The number of halogens is 2. The van der Waals surface area contributed by atoms with Crippen LogP contribution in [0.3, 0.4) is 0 Å². The van der Waals surface area contributed by atoms with E-state index in [4.69, 9.17) is 27.9 Å². The zero-order valence-electron chi connectivity index (χ0n) is 18.0. The summed E-state index contributed by atoms with van der Waals surface area (Å²) < 4.78 is 6.51. The van der Waals surface area contributed by atoms with Gasteiger partial charge in [-0.25, -0.2) is 0 Å². The van der Waals surface area contributed by atoms with E-state index in [1.165, 1.54) is 11.1 Å². The maximum absolute atomic E-state index is 6.51. The molecule has 4 heteroatoms. The third-order valence-corrected chi connectivity index (χ3v) is 7.42. The summed E-state index contributed by atoms with van der Waals surface area (Å²) in [6.07, 6.45) is 4.04. The third kappa shape index (κ3) is 3.96. The summed E-state index contributed by atoms with van der Waals surface area (Å²) in [6.45, 7) is 11.8. The Bertz CT molecular complexity index is 896. The number of piperidine rings is 1. The Labute approximate surface area is 190 Å². The lowest BCUT2D eigenvalue weighted by atomic mass is 9.66. The molecular weight excluding hydrogens is 413 g/mol. The number of benzene rings is 2. The Kier molecular flexibility index (Phi) is 6.33. The summed E-state index contributed by atoms with van der Waals surface area (Å²) in [7, 11) is 0. The summed E-state index contributed by atoms with van der Waals surface area (Å²) in [5, 5.41) is 1.55. The van der Waals surface area contributed by atoms with Gasteiger partial charge in [0.25, 0.3) is 0 Å². The van der Waals surface area contributed by atoms with E-state index in [1.54, 1.807) is 0 Å². The lowest BCUT2D eigenvalue weighted by Gasteiger charge is -2.53. The Morgan fingerprint density at radius 1 is 1.13 bits per heavy atom. The molecular formula is C26H31Cl2NO. The zero-order chi connectivity index (χ0) is 21.5. The van der Waals surface area contributed by atoms with Crippen LogP contribution < -0.4 is 0 Å². The average molecular weight is 444 g/mol. The molecule has 3 unspecified atom stereocenters.